The summed E-state index contributed by atoms with van der Waals surface area (Å²) >= 11 is 0. The van der Waals surface area contributed by atoms with Crippen LogP contribution in [-0.4, -0.2) is 24.1 Å². The van der Waals surface area contributed by atoms with Crippen molar-refractivity contribution in [1.29, 1.82) is 0 Å². The van der Waals surface area contributed by atoms with Gasteiger partial charge in [0.05, 0.1) is 13.3 Å². The standard InChI is InChI=1S/C9H11FN2O2/c1-14-9(13)8(11)4-7-3-2-6(10)5-12-7/h2-3,5,8H,4,11H2,1H3. The van der Waals surface area contributed by atoms with Gasteiger partial charge in [0, 0.05) is 12.1 Å². The van der Waals surface area contributed by atoms with E-state index in [9.17, 15) is 9.18 Å². The van der Waals surface area contributed by atoms with E-state index in [1.807, 2.05) is 0 Å². The molecule has 1 aromatic rings. The molecular formula is C9H11FN2O2. The molecule has 0 radical (unpaired) electrons. The maximum Gasteiger partial charge on any atom is 0.323 e. The van der Waals surface area contributed by atoms with Crippen LogP contribution < -0.4 is 5.73 Å². The first-order valence-corrected chi connectivity index (χ1v) is 4.07. The Kier molecular flexibility index (Phi) is 3.53. The zero-order chi connectivity index (χ0) is 10.6. The minimum absolute atomic E-state index is 0.243. The second-order valence-electron chi connectivity index (χ2n) is 2.80. The molecule has 76 valence electrons. The van der Waals surface area contributed by atoms with Crippen LogP contribution in [-0.2, 0) is 16.0 Å². The van der Waals surface area contributed by atoms with Crippen molar-refractivity contribution < 1.29 is 13.9 Å². The van der Waals surface area contributed by atoms with Crippen LogP contribution >= 0.6 is 0 Å². The highest BCUT2D eigenvalue weighted by molar-refractivity contribution is 5.75. The van der Waals surface area contributed by atoms with Gasteiger partial charge in [0.15, 0.2) is 0 Å². The Morgan fingerprint density at radius 1 is 1.71 bits per heavy atom. The zero-order valence-corrected chi connectivity index (χ0v) is 7.74. The van der Waals surface area contributed by atoms with E-state index in [1.54, 1.807) is 0 Å². The lowest BCUT2D eigenvalue weighted by Crippen LogP contribution is -2.33. The summed E-state index contributed by atoms with van der Waals surface area (Å²) < 4.78 is 16.9. The van der Waals surface area contributed by atoms with E-state index in [0.717, 1.165) is 6.20 Å². The molecule has 0 amide bonds. The van der Waals surface area contributed by atoms with Gasteiger partial charge in [-0.3, -0.25) is 9.78 Å². The molecule has 14 heavy (non-hydrogen) atoms. The largest absolute Gasteiger partial charge is 0.468 e. The average Bonchev–Trinajstić information content (AvgIpc) is 2.20. The van der Waals surface area contributed by atoms with Gasteiger partial charge >= 0.3 is 5.97 Å². The molecule has 0 fully saturated rings. The van der Waals surface area contributed by atoms with Crippen molar-refractivity contribution in [2.45, 2.75) is 12.5 Å². The van der Waals surface area contributed by atoms with Gasteiger partial charge in [0.1, 0.15) is 11.9 Å². The van der Waals surface area contributed by atoms with Crippen molar-refractivity contribution in [2.24, 2.45) is 5.73 Å². The van der Waals surface area contributed by atoms with E-state index in [2.05, 4.69) is 9.72 Å². The van der Waals surface area contributed by atoms with Crippen molar-refractivity contribution in [3.8, 4) is 0 Å². The number of methoxy groups -OCH3 is 1. The second-order valence-corrected chi connectivity index (χ2v) is 2.80. The molecule has 0 aliphatic rings. The number of esters is 1. The number of ether oxygens (including phenoxy) is 1. The van der Waals surface area contributed by atoms with E-state index in [1.165, 1.54) is 19.2 Å². The molecule has 1 aromatic heterocycles. The zero-order valence-electron chi connectivity index (χ0n) is 7.74. The van der Waals surface area contributed by atoms with Crippen LogP contribution in [0.1, 0.15) is 5.69 Å². The van der Waals surface area contributed by atoms with E-state index in [0.29, 0.717) is 5.69 Å². The summed E-state index contributed by atoms with van der Waals surface area (Å²) in [4.78, 5) is 14.7. The molecule has 5 heteroatoms. The number of carbonyl (C=O) groups excluding carboxylic acids is 1. The van der Waals surface area contributed by atoms with Gasteiger partial charge in [-0.25, -0.2) is 4.39 Å². The van der Waals surface area contributed by atoms with Crippen molar-refractivity contribution >= 4 is 5.97 Å². The molecule has 0 aromatic carbocycles. The number of rotatable bonds is 3. The molecule has 1 heterocycles. The first kappa shape index (κ1) is 10.6. The van der Waals surface area contributed by atoms with Crippen LogP contribution in [0.4, 0.5) is 4.39 Å². The Bertz CT molecular complexity index is 313. The van der Waals surface area contributed by atoms with Crippen molar-refractivity contribution in [3.05, 3.63) is 29.8 Å². The highest BCUT2D eigenvalue weighted by Gasteiger charge is 2.14. The fourth-order valence-electron chi connectivity index (χ4n) is 0.987. The number of nitrogens with two attached hydrogens (primary N) is 1. The molecular weight excluding hydrogens is 187 g/mol. The van der Waals surface area contributed by atoms with Crippen LogP contribution in [0, 0.1) is 5.82 Å². The molecule has 0 saturated carbocycles. The smallest absolute Gasteiger partial charge is 0.323 e. The van der Waals surface area contributed by atoms with Crippen LogP contribution in [0.25, 0.3) is 0 Å². The minimum atomic E-state index is -0.752. The Morgan fingerprint density at radius 3 is 2.93 bits per heavy atom. The lowest BCUT2D eigenvalue weighted by molar-refractivity contribution is -0.142. The van der Waals surface area contributed by atoms with Gasteiger partial charge in [0.25, 0.3) is 0 Å². The Balaban J connectivity index is 2.60. The summed E-state index contributed by atoms with van der Waals surface area (Å²) in [5, 5.41) is 0. The van der Waals surface area contributed by atoms with Gasteiger partial charge < -0.3 is 10.5 Å². The van der Waals surface area contributed by atoms with Crippen LogP contribution in [0.2, 0.25) is 0 Å². The fourth-order valence-corrected chi connectivity index (χ4v) is 0.987. The summed E-state index contributed by atoms with van der Waals surface area (Å²) in [5.41, 5.74) is 6.05. The molecule has 0 aliphatic heterocycles. The summed E-state index contributed by atoms with van der Waals surface area (Å²) in [6.07, 6.45) is 1.33. The predicted octanol–water partition coefficient (Wildman–Crippen LogP) is 0.263. The molecule has 1 unspecified atom stereocenters. The average molecular weight is 198 g/mol. The summed E-state index contributed by atoms with van der Waals surface area (Å²) in [7, 11) is 1.26. The van der Waals surface area contributed by atoms with Crippen molar-refractivity contribution in [3.63, 3.8) is 0 Å². The van der Waals surface area contributed by atoms with Gasteiger partial charge in [-0.15, -0.1) is 0 Å². The lowest BCUT2D eigenvalue weighted by atomic mass is 10.1. The number of carbonyl (C=O) groups is 1. The summed E-state index contributed by atoms with van der Waals surface area (Å²) in [6, 6.07) is 2.00. The Morgan fingerprint density at radius 2 is 2.43 bits per heavy atom. The molecule has 2 N–H and O–H groups in total. The summed E-state index contributed by atoms with van der Waals surface area (Å²) in [6.45, 7) is 0. The molecule has 0 spiro atoms. The van der Waals surface area contributed by atoms with Gasteiger partial charge in [0.2, 0.25) is 0 Å². The number of halogens is 1. The van der Waals surface area contributed by atoms with E-state index in [-0.39, 0.29) is 6.42 Å². The van der Waals surface area contributed by atoms with E-state index < -0.39 is 17.8 Å². The third-order valence-corrected chi connectivity index (χ3v) is 1.72. The molecule has 1 atom stereocenters. The second kappa shape index (κ2) is 4.66. The number of aromatic nitrogens is 1. The Labute approximate surface area is 80.9 Å². The Hall–Kier alpha value is -1.49. The SMILES string of the molecule is COC(=O)C(N)Cc1ccc(F)cn1. The number of hydrogen-bond acceptors (Lipinski definition) is 4. The van der Waals surface area contributed by atoms with Gasteiger partial charge in [-0.2, -0.15) is 0 Å². The molecule has 0 saturated heterocycles. The van der Waals surface area contributed by atoms with Crippen molar-refractivity contribution in [2.75, 3.05) is 7.11 Å². The lowest BCUT2D eigenvalue weighted by Gasteiger charge is -2.07. The van der Waals surface area contributed by atoms with E-state index >= 15 is 0 Å². The van der Waals surface area contributed by atoms with Crippen LogP contribution in [0.3, 0.4) is 0 Å². The highest BCUT2D eigenvalue weighted by Crippen LogP contribution is 2.01. The first-order valence-electron chi connectivity index (χ1n) is 4.07. The maximum absolute atomic E-state index is 12.5. The summed E-state index contributed by atoms with van der Waals surface area (Å²) in [5.74, 6) is -0.920. The molecule has 0 bridgehead atoms. The normalized spacial score (nSPS) is 12.2. The highest BCUT2D eigenvalue weighted by atomic mass is 19.1. The predicted molar refractivity (Wildman–Crippen MR) is 47.9 cm³/mol. The topological polar surface area (TPSA) is 65.2 Å². The van der Waals surface area contributed by atoms with E-state index in [4.69, 9.17) is 5.73 Å². The van der Waals surface area contributed by atoms with Gasteiger partial charge in [-0.1, -0.05) is 0 Å². The molecule has 4 nitrogen and oxygen atoms in total. The first-order chi connectivity index (χ1) is 6.63. The monoisotopic (exact) mass is 198 g/mol. The third-order valence-electron chi connectivity index (χ3n) is 1.72. The maximum atomic E-state index is 12.5. The van der Waals surface area contributed by atoms with Crippen LogP contribution in [0.15, 0.2) is 18.3 Å². The minimum Gasteiger partial charge on any atom is -0.468 e. The number of nitrogens with zero attached hydrogens (tertiary/aromatic N) is 1. The number of hydrogen-bond donors (Lipinski definition) is 1. The molecule has 1 rings (SSSR count). The quantitative estimate of drug-likeness (QED) is 0.708. The number of pyridine rings is 1. The fraction of sp³-hybridized carbons (Fsp3) is 0.333. The van der Waals surface area contributed by atoms with Crippen molar-refractivity contribution in [1.82, 2.24) is 4.98 Å². The molecule has 0 aliphatic carbocycles. The van der Waals surface area contributed by atoms with Crippen LogP contribution in [0.5, 0.6) is 0 Å². The van der Waals surface area contributed by atoms with Gasteiger partial charge in [-0.05, 0) is 12.1 Å². The third kappa shape index (κ3) is 2.77.